The molecule has 13 heavy (non-hydrogen) atoms. The van der Waals surface area contributed by atoms with E-state index in [2.05, 4.69) is 32.8 Å². The Kier molecular flexibility index (Phi) is 3.86. The molecule has 5 heteroatoms. The summed E-state index contributed by atoms with van der Waals surface area (Å²) in [6, 6.07) is 3.68. The minimum Gasteiger partial charge on any atom is -0.458 e. The maximum atomic E-state index is 5.48. The first kappa shape index (κ1) is 10.6. The number of hydrogen-bond acceptors (Lipinski definition) is 4. The summed E-state index contributed by atoms with van der Waals surface area (Å²) in [5, 5.41) is 7.78. The lowest BCUT2D eigenvalue weighted by atomic mass is 10.5. The van der Waals surface area contributed by atoms with Crippen LogP contribution in [0.25, 0.3) is 0 Å². The topological polar surface area (TPSA) is 38.3 Å². The molecule has 0 spiro atoms. The Morgan fingerprint density at radius 2 is 2.08 bits per heavy atom. The fourth-order valence-corrected chi connectivity index (χ4v) is 0.934. The lowest BCUT2D eigenvalue weighted by Gasteiger charge is -2.19. The van der Waals surface area contributed by atoms with Crippen LogP contribution in [0.4, 0.5) is 0 Å². The minimum atomic E-state index is 0.00867. The molecule has 1 atom stereocenters. The van der Waals surface area contributed by atoms with Crippen molar-refractivity contribution < 1.29 is 4.74 Å². The fourth-order valence-electron chi connectivity index (χ4n) is 0.647. The summed E-state index contributed by atoms with van der Waals surface area (Å²) in [5.41, 5.74) is 0. The molecule has 0 aliphatic rings. The molecule has 0 aliphatic heterocycles. The van der Waals surface area contributed by atoms with Gasteiger partial charge in [0.25, 0.3) is 0 Å². The first-order valence-corrected chi connectivity index (χ1v) is 5.00. The Balaban J connectivity index is 2.59. The Bertz CT molecular complexity index is 263. The van der Waals surface area contributed by atoms with Crippen molar-refractivity contribution in [2.24, 2.45) is 0 Å². The molecule has 0 saturated carbocycles. The Morgan fingerprint density at radius 1 is 1.38 bits per heavy atom. The highest BCUT2D eigenvalue weighted by molar-refractivity contribution is 14.1. The summed E-state index contributed by atoms with van der Waals surface area (Å²) >= 11 is 2.10. The maximum absolute atomic E-state index is 5.48. The van der Waals surface area contributed by atoms with Crippen LogP contribution in [-0.2, 0) is 0 Å². The van der Waals surface area contributed by atoms with Gasteiger partial charge in [-0.05, 0) is 49.7 Å². The van der Waals surface area contributed by atoms with Crippen LogP contribution < -0.4 is 4.74 Å². The Morgan fingerprint density at radius 3 is 2.54 bits per heavy atom. The van der Waals surface area contributed by atoms with Gasteiger partial charge in [-0.3, -0.25) is 4.90 Å². The van der Waals surface area contributed by atoms with Gasteiger partial charge in [0.2, 0.25) is 5.88 Å². The number of halogens is 1. The average molecular weight is 293 g/mol. The fraction of sp³-hybridized carbons (Fsp3) is 0.500. The van der Waals surface area contributed by atoms with Crippen LogP contribution in [0.3, 0.4) is 0 Å². The van der Waals surface area contributed by atoms with Crippen LogP contribution in [0.1, 0.15) is 6.92 Å². The monoisotopic (exact) mass is 293 g/mol. The lowest BCUT2D eigenvalue weighted by Crippen LogP contribution is -2.30. The van der Waals surface area contributed by atoms with Gasteiger partial charge >= 0.3 is 0 Å². The van der Waals surface area contributed by atoms with Gasteiger partial charge < -0.3 is 4.74 Å². The van der Waals surface area contributed by atoms with Gasteiger partial charge in [0.1, 0.15) is 3.70 Å². The first-order chi connectivity index (χ1) is 6.09. The highest BCUT2D eigenvalue weighted by Gasteiger charge is 2.06. The van der Waals surface area contributed by atoms with Gasteiger partial charge in [0.05, 0.1) is 0 Å². The SMILES string of the molecule is CC(Oc1ccc(I)nn1)N(C)C. The molecule has 0 bridgehead atoms. The maximum Gasteiger partial charge on any atom is 0.235 e. The number of ether oxygens (including phenoxy) is 1. The van der Waals surface area contributed by atoms with Crippen molar-refractivity contribution in [1.82, 2.24) is 15.1 Å². The molecule has 4 nitrogen and oxygen atoms in total. The molecule has 1 rings (SSSR count). The molecule has 0 radical (unpaired) electrons. The minimum absolute atomic E-state index is 0.00867. The van der Waals surface area contributed by atoms with Crippen molar-refractivity contribution in [3.05, 3.63) is 15.8 Å². The summed E-state index contributed by atoms with van der Waals surface area (Å²) in [7, 11) is 3.90. The standard InChI is InChI=1S/C8H12IN3O/c1-6(12(2)3)13-8-5-4-7(9)10-11-8/h4-6H,1-3H3. The second kappa shape index (κ2) is 4.71. The second-order valence-electron chi connectivity index (χ2n) is 2.88. The lowest BCUT2D eigenvalue weighted by molar-refractivity contribution is 0.0758. The van der Waals surface area contributed by atoms with Crippen molar-refractivity contribution in [2.45, 2.75) is 13.2 Å². The molecule has 0 aromatic carbocycles. The van der Waals surface area contributed by atoms with E-state index in [-0.39, 0.29) is 6.23 Å². The summed E-state index contributed by atoms with van der Waals surface area (Å²) in [6.07, 6.45) is 0.00867. The molecule has 0 N–H and O–H groups in total. The van der Waals surface area contributed by atoms with Crippen molar-refractivity contribution >= 4 is 22.6 Å². The molecule has 72 valence electrons. The highest BCUT2D eigenvalue weighted by Crippen LogP contribution is 2.08. The Hall–Kier alpha value is -0.430. The summed E-state index contributed by atoms with van der Waals surface area (Å²) in [4.78, 5) is 1.96. The summed E-state index contributed by atoms with van der Waals surface area (Å²) in [5.74, 6) is 0.557. The number of nitrogens with zero attached hydrogens (tertiary/aromatic N) is 3. The van der Waals surface area contributed by atoms with Gasteiger partial charge in [-0.2, -0.15) is 0 Å². The summed E-state index contributed by atoms with van der Waals surface area (Å²) in [6.45, 7) is 1.96. The highest BCUT2D eigenvalue weighted by atomic mass is 127. The van der Waals surface area contributed by atoms with E-state index in [0.29, 0.717) is 5.88 Å². The third-order valence-electron chi connectivity index (χ3n) is 1.63. The van der Waals surface area contributed by atoms with Gasteiger partial charge in [-0.25, -0.2) is 0 Å². The molecule has 1 heterocycles. The van der Waals surface area contributed by atoms with Crippen LogP contribution in [0.15, 0.2) is 12.1 Å². The molecule has 0 fully saturated rings. The molecule has 1 aromatic heterocycles. The van der Waals surface area contributed by atoms with E-state index in [1.807, 2.05) is 38.1 Å². The van der Waals surface area contributed by atoms with Gasteiger partial charge in [-0.15, -0.1) is 10.2 Å². The Labute approximate surface area is 91.4 Å². The van der Waals surface area contributed by atoms with Crippen molar-refractivity contribution in [1.29, 1.82) is 0 Å². The zero-order valence-electron chi connectivity index (χ0n) is 7.86. The normalized spacial score (nSPS) is 13.0. The van der Waals surface area contributed by atoms with Crippen LogP contribution in [0.5, 0.6) is 5.88 Å². The van der Waals surface area contributed by atoms with Crippen molar-refractivity contribution in [3.63, 3.8) is 0 Å². The number of hydrogen-bond donors (Lipinski definition) is 0. The van der Waals surface area contributed by atoms with Gasteiger partial charge in [0, 0.05) is 6.07 Å². The van der Waals surface area contributed by atoms with E-state index in [1.54, 1.807) is 0 Å². The van der Waals surface area contributed by atoms with E-state index in [9.17, 15) is 0 Å². The van der Waals surface area contributed by atoms with Crippen LogP contribution >= 0.6 is 22.6 Å². The number of aromatic nitrogens is 2. The van der Waals surface area contributed by atoms with Crippen LogP contribution in [0.2, 0.25) is 0 Å². The van der Waals surface area contributed by atoms with Crippen LogP contribution in [-0.4, -0.2) is 35.4 Å². The van der Waals surface area contributed by atoms with Crippen molar-refractivity contribution in [3.8, 4) is 5.88 Å². The third kappa shape index (κ3) is 3.43. The van der Waals surface area contributed by atoms with E-state index in [0.717, 1.165) is 3.70 Å². The zero-order valence-corrected chi connectivity index (χ0v) is 10.0. The van der Waals surface area contributed by atoms with Gasteiger partial charge in [-0.1, -0.05) is 0 Å². The largest absolute Gasteiger partial charge is 0.458 e. The predicted octanol–water partition coefficient (Wildman–Crippen LogP) is 1.37. The molecule has 1 aromatic rings. The van der Waals surface area contributed by atoms with E-state index >= 15 is 0 Å². The van der Waals surface area contributed by atoms with Crippen molar-refractivity contribution in [2.75, 3.05) is 14.1 Å². The van der Waals surface area contributed by atoms with E-state index < -0.39 is 0 Å². The quantitative estimate of drug-likeness (QED) is 0.623. The smallest absolute Gasteiger partial charge is 0.235 e. The molecule has 0 aliphatic carbocycles. The average Bonchev–Trinajstić information content (AvgIpc) is 2.08. The zero-order chi connectivity index (χ0) is 9.84. The first-order valence-electron chi connectivity index (χ1n) is 3.92. The number of rotatable bonds is 3. The summed E-state index contributed by atoms with van der Waals surface area (Å²) < 4.78 is 6.34. The second-order valence-corrected chi connectivity index (χ2v) is 3.98. The van der Waals surface area contributed by atoms with Crippen LogP contribution in [0, 0.1) is 3.70 Å². The van der Waals surface area contributed by atoms with E-state index in [1.165, 1.54) is 0 Å². The molecular formula is C8H12IN3O. The van der Waals surface area contributed by atoms with E-state index in [4.69, 9.17) is 4.74 Å². The molecular weight excluding hydrogens is 281 g/mol. The van der Waals surface area contributed by atoms with Gasteiger partial charge in [0.15, 0.2) is 6.23 Å². The molecule has 1 unspecified atom stereocenters. The molecule has 0 amide bonds. The molecule has 0 saturated heterocycles. The third-order valence-corrected chi connectivity index (χ3v) is 2.20. The predicted molar refractivity (Wildman–Crippen MR) is 58.5 cm³/mol.